The Morgan fingerprint density at radius 2 is 2.00 bits per heavy atom. The van der Waals surface area contributed by atoms with Crippen LogP contribution in [0.2, 0.25) is 0 Å². The van der Waals surface area contributed by atoms with Gasteiger partial charge < -0.3 is 5.73 Å². The van der Waals surface area contributed by atoms with E-state index < -0.39 is 0 Å². The van der Waals surface area contributed by atoms with E-state index in [1.165, 1.54) is 7.05 Å². The molecule has 0 radical (unpaired) electrons. The van der Waals surface area contributed by atoms with Crippen LogP contribution in [0.5, 0.6) is 0 Å². The molecule has 1 aromatic heterocycles. The van der Waals surface area contributed by atoms with Gasteiger partial charge >= 0.3 is 5.69 Å². The highest BCUT2D eigenvalue weighted by Gasteiger charge is 2.23. The molecule has 6 heteroatoms. The van der Waals surface area contributed by atoms with Crippen LogP contribution < -0.4 is 17.0 Å². The van der Waals surface area contributed by atoms with Gasteiger partial charge in [-0.3, -0.25) is 18.8 Å². The largest absolute Gasteiger partial charge is 0.330 e. The van der Waals surface area contributed by atoms with Crippen LogP contribution in [-0.2, 0) is 20.6 Å². The van der Waals surface area contributed by atoms with Gasteiger partial charge in [-0.2, -0.15) is 0 Å². The van der Waals surface area contributed by atoms with E-state index in [4.69, 9.17) is 5.73 Å². The van der Waals surface area contributed by atoms with E-state index in [-0.39, 0.29) is 17.3 Å². The summed E-state index contributed by atoms with van der Waals surface area (Å²) in [5.74, 6) is 0. The highest BCUT2D eigenvalue weighted by atomic mass is 16.2. The van der Waals surface area contributed by atoms with Gasteiger partial charge in [0.2, 0.25) is 0 Å². The summed E-state index contributed by atoms with van der Waals surface area (Å²) in [6.07, 6.45) is 1.92. The third-order valence-electron chi connectivity index (χ3n) is 4.04. The van der Waals surface area contributed by atoms with Crippen LogP contribution in [0.4, 0.5) is 0 Å². The second-order valence-corrected chi connectivity index (χ2v) is 5.48. The lowest BCUT2D eigenvalue weighted by molar-refractivity contribution is 0.136. The molecule has 0 saturated carbocycles. The van der Waals surface area contributed by atoms with E-state index in [0.717, 1.165) is 29.6 Å². The van der Waals surface area contributed by atoms with Crippen molar-refractivity contribution >= 4 is 0 Å². The summed E-state index contributed by atoms with van der Waals surface area (Å²) < 4.78 is 2.67. The number of piperidine rings is 1. The molecule has 0 spiro atoms. The molecule has 2 rings (SSSR count). The Morgan fingerprint density at radius 1 is 1.32 bits per heavy atom. The van der Waals surface area contributed by atoms with Crippen LogP contribution in [0.3, 0.4) is 0 Å². The lowest BCUT2D eigenvalue weighted by Gasteiger charge is -2.36. The van der Waals surface area contributed by atoms with Gasteiger partial charge in [0.15, 0.2) is 0 Å². The maximum atomic E-state index is 11.9. The minimum Gasteiger partial charge on any atom is -0.328 e. The van der Waals surface area contributed by atoms with Crippen LogP contribution >= 0.6 is 0 Å². The number of hydrogen-bond acceptors (Lipinski definition) is 4. The number of aromatic nitrogens is 2. The summed E-state index contributed by atoms with van der Waals surface area (Å²) >= 11 is 0. The van der Waals surface area contributed by atoms with Crippen LogP contribution in [0.15, 0.2) is 15.7 Å². The molecule has 0 aliphatic carbocycles. The van der Waals surface area contributed by atoms with Gasteiger partial charge in [-0.05, 0) is 19.8 Å². The smallest absolute Gasteiger partial charge is 0.328 e. The van der Waals surface area contributed by atoms with Crippen LogP contribution in [0.1, 0.15) is 25.5 Å². The zero-order valence-corrected chi connectivity index (χ0v) is 11.8. The molecular weight excluding hydrogens is 244 g/mol. The van der Waals surface area contributed by atoms with Gasteiger partial charge in [-0.15, -0.1) is 0 Å². The maximum Gasteiger partial charge on any atom is 0.330 e. The fourth-order valence-corrected chi connectivity index (χ4v) is 2.63. The first kappa shape index (κ1) is 14.0. The Balaban J connectivity index is 2.25. The lowest BCUT2D eigenvalue weighted by Crippen LogP contribution is -2.46. The quantitative estimate of drug-likeness (QED) is 0.775. The molecule has 1 aliphatic rings. The third-order valence-corrected chi connectivity index (χ3v) is 4.04. The molecule has 0 aromatic carbocycles. The van der Waals surface area contributed by atoms with Crippen molar-refractivity contribution in [2.24, 2.45) is 19.8 Å². The average molecular weight is 266 g/mol. The van der Waals surface area contributed by atoms with Gasteiger partial charge in [-0.25, -0.2) is 4.79 Å². The molecule has 0 bridgehead atoms. The predicted molar refractivity (Wildman–Crippen MR) is 74.0 cm³/mol. The lowest BCUT2D eigenvalue weighted by atomic mass is 9.99. The number of likely N-dealkylation sites (tertiary alicyclic amines) is 1. The van der Waals surface area contributed by atoms with Crippen molar-refractivity contribution in [3.63, 3.8) is 0 Å². The fourth-order valence-electron chi connectivity index (χ4n) is 2.63. The molecule has 2 atom stereocenters. The number of rotatable bonds is 2. The van der Waals surface area contributed by atoms with Gasteiger partial charge in [-0.1, -0.05) is 0 Å². The SMILES string of the molecule is CC1CC(N)CCN1Cc1cc(=O)n(C)c(=O)n1C. The Morgan fingerprint density at radius 3 is 2.63 bits per heavy atom. The van der Waals surface area contributed by atoms with E-state index in [2.05, 4.69) is 11.8 Å². The van der Waals surface area contributed by atoms with Crippen LogP contribution in [-0.4, -0.2) is 32.7 Å². The highest BCUT2D eigenvalue weighted by Crippen LogP contribution is 2.17. The first-order valence-electron chi connectivity index (χ1n) is 6.65. The van der Waals surface area contributed by atoms with E-state index in [1.807, 2.05) is 0 Å². The fraction of sp³-hybridized carbons (Fsp3) is 0.692. The minimum absolute atomic E-state index is 0.250. The predicted octanol–water partition coefficient (Wildman–Crippen LogP) is -0.604. The van der Waals surface area contributed by atoms with Crippen molar-refractivity contribution in [2.75, 3.05) is 6.54 Å². The molecule has 1 aliphatic heterocycles. The van der Waals surface area contributed by atoms with Crippen molar-refractivity contribution in [3.8, 4) is 0 Å². The zero-order valence-electron chi connectivity index (χ0n) is 11.8. The summed E-state index contributed by atoms with van der Waals surface area (Å²) in [7, 11) is 3.20. The van der Waals surface area contributed by atoms with Gasteiger partial charge in [0, 0.05) is 51.0 Å². The second kappa shape index (κ2) is 5.30. The molecular formula is C13H22N4O2. The molecule has 0 amide bonds. The Hall–Kier alpha value is -1.40. The molecule has 1 fully saturated rings. The summed E-state index contributed by atoms with van der Waals surface area (Å²) in [6, 6.07) is 2.18. The monoisotopic (exact) mass is 266 g/mol. The van der Waals surface area contributed by atoms with E-state index in [0.29, 0.717) is 12.6 Å². The van der Waals surface area contributed by atoms with E-state index >= 15 is 0 Å². The van der Waals surface area contributed by atoms with Crippen molar-refractivity contribution in [3.05, 3.63) is 32.6 Å². The number of hydrogen-bond donors (Lipinski definition) is 1. The van der Waals surface area contributed by atoms with Crippen LogP contribution in [0.25, 0.3) is 0 Å². The van der Waals surface area contributed by atoms with Crippen LogP contribution in [0, 0.1) is 0 Å². The molecule has 19 heavy (non-hydrogen) atoms. The Bertz CT molecular complexity index is 575. The van der Waals surface area contributed by atoms with E-state index in [9.17, 15) is 9.59 Å². The number of nitrogens with zero attached hydrogens (tertiary/aromatic N) is 3. The Labute approximate surface area is 112 Å². The van der Waals surface area contributed by atoms with Gasteiger partial charge in [0.25, 0.3) is 5.56 Å². The topological polar surface area (TPSA) is 73.3 Å². The highest BCUT2D eigenvalue weighted by molar-refractivity contribution is 5.03. The first-order chi connectivity index (χ1) is 8.90. The van der Waals surface area contributed by atoms with Gasteiger partial charge in [0.05, 0.1) is 0 Å². The molecule has 2 heterocycles. The summed E-state index contributed by atoms with van der Waals surface area (Å²) in [5, 5.41) is 0. The van der Waals surface area contributed by atoms with Crippen molar-refractivity contribution in [1.82, 2.24) is 14.0 Å². The van der Waals surface area contributed by atoms with Crippen molar-refractivity contribution in [2.45, 2.75) is 38.4 Å². The van der Waals surface area contributed by atoms with Gasteiger partial charge in [0.1, 0.15) is 0 Å². The molecule has 106 valence electrons. The summed E-state index contributed by atoms with van der Waals surface area (Å²) in [5.41, 5.74) is 6.18. The molecule has 1 aromatic rings. The summed E-state index contributed by atoms with van der Waals surface area (Å²) in [4.78, 5) is 25.8. The van der Waals surface area contributed by atoms with Crippen molar-refractivity contribution < 1.29 is 0 Å². The third kappa shape index (κ3) is 2.79. The standard InChI is InChI=1S/C13H22N4O2/c1-9-6-10(14)4-5-17(9)8-11-7-12(18)16(3)13(19)15(11)2/h7,9-10H,4-6,8,14H2,1-3H3. The Kier molecular flexibility index (Phi) is 3.91. The molecule has 6 nitrogen and oxygen atoms in total. The zero-order chi connectivity index (χ0) is 14.2. The number of nitrogens with two attached hydrogens (primary N) is 1. The molecule has 1 saturated heterocycles. The molecule has 2 N–H and O–H groups in total. The first-order valence-corrected chi connectivity index (χ1v) is 6.65. The minimum atomic E-state index is -0.274. The normalized spacial score (nSPS) is 24.6. The average Bonchev–Trinajstić information content (AvgIpc) is 2.36. The second-order valence-electron chi connectivity index (χ2n) is 5.48. The van der Waals surface area contributed by atoms with Crippen molar-refractivity contribution in [1.29, 1.82) is 0 Å². The van der Waals surface area contributed by atoms with E-state index in [1.54, 1.807) is 17.7 Å². The summed E-state index contributed by atoms with van der Waals surface area (Å²) in [6.45, 7) is 3.67. The maximum absolute atomic E-state index is 11.9. The molecule has 2 unspecified atom stereocenters.